The number of rotatable bonds is 4. The summed E-state index contributed by atoms with van der Waals surface area (Å²) in [6, 6.07) is 10.2. The second-order valence-corrected chi connectivity index (χ2v) is 7.90. The van der Waals surface area contributed by atoms with Crippen molar-refractivity contribution in [2.75, 3.05) is 5.32 Å². The van der Waals surface area contributed by atoms with Crippen LogP contribution in [-0.2, 0) is 12.8 Å². The number of amides is 1. The van der Waals surface area contributed by atoms with Crippen molar-refractivity contribution in [1.82, 2.24) is 4.98 Å². The topological polar surface area (TPSA) is 85.1 Å². The summed E-state index contributed by atoms with van der Waals surface area (Å²) in [7, 11) is 0. The van der Waals surface area contributed by atoms with Crippen molar-refractivity contribution < 1.29 is 9.72 Å². The fraction of sp³-hybridized carbons (Fsp3) is 0.200. The van der Waals surface area contributed by atoms with Crippen molar-refractivity contribution in [2.24, 2.45) is 0 Å². The number of aryl methyl sites for hydroxylation is 2. The Hall–Kier alpha value is -2.77. The van der Waals surface area contributed by atoms with Crippen LogP contribution in [0.1, 0.15) is 34.3 Å². The van der Waals surface area contributed by atoms with Gasteiger partial charge in [0.1, 0.15) is 5.56 Å². The molecule has 0 spiro atoms. The molecule has 6 nitrogen and oxygen atoms in total. The molecule has 1 amide bonds. The van der Waals surface area contributed by atoms with Gasteiger partial charge in [-0.05, 0) is 55.0 Å². The molecule has 0 unspecified atom stereocenters. The predicted octanol–water partition coefficient (Wildman–Crippen LogP) is 5.50. The summed E-state index contributed by atoms with van der Waals surface area (Å²) >= 11 is 7.17. The zero-order chi connectivity index (χ0) is 19.7. The van der Waals surface area contributed by atoms with Crippen LogP contribution in [0.2, 0.25) is 5.02 Å². The van der Waals surface area contributed by atoms with Crippen molar-refractivity contribution in [1.29, 1.82) is 0 Å². The molecule has 0 saturated heterocycles. The number of thiazole rings is 1. The first kappa shape index (κ1) is 18.6. The molecular weight excluding hydrogens is 398 g/mol. The van der Waals surface area contributed by atoms with Crippen molar-refractivity contribution in [3.05, 3.63) is 73.6 Å². The maximum atomic E-state index is 12.5. The molecule has 3 aromatic rings. The number of anilines is 1. The van der Waals surface area contributed by atoms with Gasteiger partial charge < -0.3 is 0 Å². The highest BCUT2D eigenvalue weighted by atomic mass is 35.5. The molecule has 1 aliphatic carbocycles. The van der Waals surface area contributed by atoms with Gasteiger partial charge in [0.05, 0.1) is 10.6 Å². The van der Waals surface area contributed by atoms with Crippen molar-refractivity contribution in [3.63, 3.8) is 0 Å². The van der Waals surface area contributed by atoms with Crippen LogP contribution in [0.15, 0.2) is 41.8 Å². The van der Waals surface area contributed by atoms with E-state index in [-0.39, 0.29) is 16.3 Å². The first-order valence-electron chi connectivity index (χ1n) is 8.84. The van der Waals surface area contributed by atoms with Crippen molar-refractivity contribution in [2.45, 2.75) is 25.7 Å². The second-order valence-electron chi connectivity index (χ2n) is 6.60. The molecule has 0 atom stereocenters. The highest BCUT2D eigenvalue weighted by molar-refractivity contribution is 7.14. The van der Waals surface area contributed by atoms with E-state index >= 15 is 0 Å². The molecule has 0 fully saturated rings. The Morgan fingerprint density at radius 2 is 1.93 bits per heavy atom. The first-order valence-corrected chi connectivity index (χ1v) is 10.1. The van der Waals surface area contributed by atoms with E-state index in [0.717, 1.165) is 24.1 Å². The first-order chi connectivity index (χ1) is 13.5. The summed E-state index contributed by atoms with van der Waals surface area (Å²) in [6.45, 7) is 0. The summed E-state index contributed by atoms with van der Waals surface area (Å²) < 4.78 is 0. The fourth-order valence-electron chi connectivity index (χ4n) is 3.37. The molecular formula is C20H16ClN3O3S. The molecule has 0 bridgehead atoms. The molecule has 28 heavy (non-hydrogen) atoms. The SMILES string of the molecule is O=C(Nc1nc(-c2ccc3c(c2)CCCC3)cs1)c1cc(Cl)ccc1[N+](=O)[O-]. The maximum Gasteiger partial charge on any atom is 0.282 e. The number of carbonyl (C=O) groups excluding carboxylic acids is 1. The maximum absolute atomic E-state index is 12.5. The number of fused-ring (bicyclic) bond motifs is 1. The highest BCUT2D eigenvalue weighted by Crippen LogP contribution is 2.30. The molecule has 1 aromatic heterocycles. The number of nitrogens with zero attached hydrogens (tertiary/aromatic N) is 2. The molecule has 1 N–H and O–H groups in total. The number of carbonyl (C=O) groups is 1. The van der Waals surface area contributed by atoms with Gasteiger partial charge >= 0.3 is 0 Å². The summed E-state index contributed by atoms with van der Waals surface area (Å²) in [5, 5.41) is 16.3. The van der Waals surface area contributed by atoms with Gasteiger partial charge in [-0.15, -0.1) is 11.3 Å². The summed E-state index contributed by atoms with van der Waals surface area (Å²) in [5.74, 6) is -0.611. The summed E-state index contributed by atoms with van der Waals surface area (Å²) in [4.78, 5) is 27.6. The molecule has 0 aliphatic heterocycles. The standard InChI is InChI=1S/C20H16ClN3O3S/c21-15-7-8-18(24(26)27)16(10-15)19(25)23-20-22-17(11-28-20)14-6-5-12-3-1-2-4-13(12)9-14/h5-11H,1-4H2,(H,22,23,25). The minimum Gasteiger partial charge on any atom is -0.298 e. The van der Waals surface area contributed by atoms with E-state index in [2.05, 4.69) is 22.4 Å². The van der Waals surface area contributed by atoms with Gasteiger partial charge in [-0.2, -0.15) is 0 Å². The van der Waals surface area contributed by atoms with E-state index < -0.39 is 10.8 Å². The average Bonchev–Trinajstić information content (AvgIpc) is 3.15. The van der Waals surface area contributed by atoms with Crippen LogP contribution in [0, 0.1) is 10.1 Å². The van der Waals surface area contributed by atoms with E-state index in [1.54, 1.807) is 0 Å². The van der Waals surface area contributed by atoms with Crippen molar-refractivity contribution >= 4 is 39.7 Å². The smallest absolute Gasteiger partial charge is 0.282 e. The molecule has 4 rings (SSSR count). The molecule has 1 aliphatic rings. The fourth-order valence-corrected chi connectivity index (χ4v) is 4.26. The molecule has 0 saturated carbocycles. The Labute approximate surface area is 170 Å². The Morgan fingerprint density at radius 3 is 2.71 bits per heavy atom. The predicted molar refractivity (Wildman–Crippen MR) is 110 cm³/mol. The number of nitro groups is 1. The van der Waals surface area contributed by atoms with Crippen LogP contribution in [-0.4, -0.2) is 15.8 Å². The van der Waals surface area contributed by atoms with Crippen LogP contribution in [0.25, 0.3) is 11.3 Å². The van der Waals surface area contributed by atoms with E-state index in [1.807, 2.05) is 11.4 Å². The number of halogens is 1. The second kappa shape index (κ2) is 7.69. The van der Waals surface area contributed by atoms with Gasteiger partial charge in [0.2, 0.25) is 0 Å². The van der Waals surface area contributed by atoms with E-state index in [0.29, 0.717) is 5.13 Å². The lowest BCUT2D eigenvalue weighted by atomic mass is 9.90. The van der Waals surface area contributed by atoms with Gasteiger partial charge in [0, 0.05) is 22.0 Å². The van der Waals surface area contributed by atoms with Crippen LogP contribution >= 0.6 is 22.9 Å². The number of aromatic nitrogens is 1. The third-order valence-electron chi connectivity index (χ3n) is 4.77. The molecule has 142 valence electrons. The van der Waals surface area contributed by atoms with Crippen LogP contribution in [0.5, 0.6) is 0 Å². The van der Waals surface area contributed by atoms with Crippen molar-refractivity contribution in [3.8, 4) is 11.3 Å². The summed E-state index contributed by atoms with van der Waals surface area (Å²) in [5.41, 5.74) is 4.14. The van der Waals surface area contributed by atoms with Gasteiger partial charge in [-0.1, -0.05) is 23.7 Å². The Morgan fingerprint density at radius 1 is 1.14 bits per heavy atom. The minimum atomic E-state index is -0.611. The quantitative estimate of drug-likeness (QED) is 0.451. The third kappa shape index (κ3) is 3.76. The number of hydrogen-bond acceptors (Lipinski definition) is 5. The lowest BCUT2D eigenvalue weighted by Gasteiger charge is -2.16. The molecule has 2 aromatic carbocycles. The molecule has 1 heterocycles. The number of benzene rings is 2. The highest BCUT2D eigenvalue weighted by Gasteiger charge is 2.21. The number of nitro benzene ring substituents is 1. The third-order valence-corrected chi connectivity index (χ3v) is 5.76. The minimum absolute atomic E-state index is 0.0944. The normalized spacial score (nSPS) is 13.0. The Kier molecular flexibility index (Phi) is 5.11. The van der Waals surface area contributed by atoms with Gasteiger partial charge in [-0.3, -0.25) is 20.2 Å². The number of nitrogens with one attached hydrogen (secondary N) is 1. The zero-order valence-electron chi connectivity index (χ0n) is 14.8. The average molecular weight is 414 g/mol. The zero-order valence-corrected chi connectivity index (χ0v) is 16.3. The lowest BCUT2D eigenvalue weighted by Crippen LogP contribution is -2.13. The lowest BCUT2D eigenvalue weighted by molar-refractivity contribution is -0.385. The summed E-state index contributed by atoms with van der Waals surface area (Å²) in [6.07, 6.45) is 4.63. The van der Waals surface area contributed by atoms with Gasteiger partial charge in [0.25, 0.3) is 11.6 Å². The van der Waals surface area contributed by atoms with E-state index in [1.165, 1.54) is 53.5 Å². The monoisotopic (exact) mass is 413 g/mol. The number of hydrogen-bond donors (Lipinski definition) is 1. The van der Waals surface area contributed by atoms with Gasteiger partial charge in [-0.25, -0.2) is 4.98 Å². The Bertz CT molecular complexity index is 1080. The van der Waals surface area contributed by atoms with E-state index in [9.17, 15) is 14.9 Å². The van der Waals surface area contributed by atoms with Crippen LogP contribution < -0.4 is 5.32 Å². The van der Waals surface area contributed by atoms with Crippen LogP contribution in [0.4, 0.5) is 10.8 Å². The van der Waals surface area contributed by atoms with E-state index in [4.69, 9.17) is 11.6 Å². The van der Waals surface area contributed by atoms with Crippen LogP contribution in [0.3, 0.4) is 0 Å². The van der Waals surface area contributed by atoms with Gasteiger partial charge in [0.15, 0.2) is 5.13 Å². The Balaban J connectivity index is 1.57. The largest absolute Gasteiger partial charge is 0.298 e. The molecule has 0 radical (unpaired) electrons. The molecule has 8 heteroatoms.